The minimum absolute atomic E-state index is 0.170. The highest BCUT2D eigenvalue weighted by atomic mass is 79.9. The molecule has 0 aliphatic carbocycles. The lowest BCUT2D eigenvalue weighted by atomic mass is 9.80. The highest BCUT2D eigenvalue weighted by Gasteiger charge is 2.15. The zero-order valence-corrected chi connectivity index (χ0v) is 58.5. The van der Waals surface area contributed by atoms with Gasteiger partial charge in [-0.05, 0) is 251 Å². The third-order valence-corrected chi connectivity index (χ3v) is 15.2. The van der Waals surface area contributed by atoms with Crippen LogP contribution in [0.3, 0.4) is 0 Å². The molecular weight excluding hydrogens is 1400 g/mol. The summed E-state index contributed by atoms with van der Waals surface area (Å²) in [6.07, 6.45) is 0. The second-order valence-electron chi connectivity index (χ2n) is 22.2. The molecule has 0 saturated heterocycles. The standard InChI is InChI=1S/C30H26O6.C20H18O3.C18H14O3.C7H9BO3.C6H4Br2O/c1-18(2)28(31)34-25-11-7-21(8-12-25)23-15-24(17-27(16-23)36-30(33)20(5)6)22-9-13-26(14-10-22)35-29(32)19(3)4;1-22-19-7-3-14(4-8-19)16-11-17(13-18(21)12-16)15-5-9-20(23-2)10-6-15;19-16-5-1-12(2-6-16)14-9-15(11-18(21)10-14)13-3-7-17(20)8-4-13;1-11-7-4-2-6(3-5-7)8(9)10;7-4-1-5(8)3-6(9)2-4/h7-17H,1,3,5H2,2,4,6H3;3-13,21H,1-2H3;1-11,19-21H;2-5,9-10H,1H3;1-3,9H. The number of carbonyl (C=O) groups is 3. The number of phenolic OH excluding ortho intramolecular Hbond substituents is 5. The van der Waals surface area contributed by atoms with Gasteiger partial charge in [0.15, 0.2) is 0 Å². The molecule has 0 fully saturated rings. The lowest BCUT2D eigenvalue weighted by Crippen LogP contribution is -2.29. The van der Waals surface area contributed by atoms with E-state index in [0.29, 0.717) is 39.6 Å². The van der Waals surface area contributed by atoms with Gasteiger partial charge in [-0.25, -0.2) is 14.4 Å². The van der Waals surface area contributed by atoms with E-state index in [0.717, 1.165) is 87.2 Å². The molecular formula is C81H71BBr2O16. The molecule has 0 atom stereocenters. The lowest BCUT2D eigenvalue weighted by Gasteiger charge is -2.12. The predicted molar refractivity (Wildman–Crippen MR) is 399 cm³/mol. The summed E-state index contributed by atoms with van der Waals surface area (Å²) in [4.78, 5) is 35.7. The number of hydrogen-bond donors (Lipinski definition) is 7. The van der Waals surface area contributed by atoms with Gasteiger partial charge >= 0.3 is 25.0 Å². The highest BCUT2D eigenvalue weighted by molar-refractivity contribution is 9.11. The van der Waals surface area contributed by atoms with Gasteiger partial charge in [0.2, 0.25) is 0 Å². The van der Waals surface area contributed by atoms with Crippen molar-refractivity contribution in [3.63, 3.8) is 0 Å². The van der Waals surface area contributed by atoms with E-state index in [1.807, 2.05) is 66.7 Å². The van der Waals surface area contributed by atoms with Gasteiger partial charge in [-0.2, -0.15) is 0 Å². The Bertz CT molecular complexity index is 4350. The number of phenols is 5. The third-order valence-electron chi connectivity index (χ3n) is 14.3. The minimum atomic E-state index is -1.40. The van der Waals surface area contributed by atoms with Crippen molar-refractivity contribution >= 4 is 62.3 Å². The zero-order valence-electron chi connectivity index (χ0n) is 55.4. The lowest BCUT2D eigenvalue weighted by molar-refractivity contribution is -0.130. The number of benzene rings is 11. The predicted octanol–water partition coefficient (Wildman–Crippen LogP) is 17.6. The summed E-state index contributed by atoms with van der Waals surface area (Å²) in [5.41, 5.74) is 12.0. The van der Waals surface area contributed by atoms with Crippen molar-refractivity contribution in [1.29, 1.82) is 0 Å². The van der Waals surface area contributed by atoms with E-state index in [1.54, 1.807) is 212 Å². The van der Waals surface area contributed by atoms with Crippen LogP contribution in [0, 0.1) is 0 Å². The smallest absolute Gasteiger partial charge is 0.488 e. The zero-order chi connectivity index (χ0) is 72.6. The van der Waals surface area contributed by atoms with Crippen LogP contribution in [0.4, 0.5) is 0 Å². The summed E-state index contributed by atoms with van der Waals surface area (Å²) < 4.78 is 33.0. The molecule has 11 aromatic rings. The Labute approximate surface area is 597 Å². The monoisotopic (exact) mass is 1470 g/mol. The van der Waals surface area contributed by atoms with E-state index >= 15 is 0 Å². The minimum Gasteiger partial charge on any atom is -0.508 e. The van der Waals surface area contributed by atoms with E-state index < -0.39 is 25.0 Å². The van der Waals surface area contributed by atoms with E-state index in [-0.39, 0.29) is 34.3 Å². The van der Waals surface area contributed by atoms with Crippen molar-refractivity contribution in [2.24, 2.45) is 0 Å². The molecule has 19 heteroatoms. The first kappa shape index (κ1) is 75.8. The van der Waals surface area contributed by atoms with E-state index in [1.165, 1.54) is 0 Å². The van der Waals surface area contributed by atoms with Gasteiger partial charge in [0.1, 0.15) is 63.2 Å². The first-order chi connectivity index (χ1) is 47.8. The Morgan fingerprint density at radius 3 is 0.770 bits per heavy atom. The van der Waals surface area contributed by atoms with Crippen LogP contribution >= 0.6 is 31.9 Å². The normalized spacial score (nSPS) is 10.1. The number of rotatable bonds is 16. The van der Waals surface area contributed by atoms with Crippen molar-refractivity contribution in [1.82, 2.24) is 0 Å². The van der Waals surface area contributed by atoms with Crippen LogP contribution in [-0.2, 0) is 14.4 Å². The molecule has 0 spiro atoms. The van der Waals surface area contributed by atoms with Crippen molar-refractivity contribution in [3.05, 3.63) is 288 Å². The second-order valence-corrected chi connectivity index (χ2v) is 24.0. The maximum Gasteiger partial charge on any atom is 0.488 e. The molecule has 16 nitrogen and oxygen atoms in total. The number of halogens is 2. The van der Waals surface area contributed by atoms with Crippen molar-refractivity contribution < 1.29 is 78.4 Å². The molecule has 0 aromatic heterocycles. The summed E-state index contributed by atoms with van der Waals surface area (Å²) in [6.45, 7) is 15.5. The number of carbonyl (C=O) groups excluding carboxylic acids is 3. The molecule has 0 unspecified atom stereocenters. The number of ether oxygens (including phenoxy) is 6. The summed E-state index contributed by atoms with van der Waals surface area (Å²) in [5, 5.41) is 65.0. The Morgan fingerprint density at radius 1 is 0.290 bits per heavy atom. The average molecular weight is 1470 g/mol. The summed E-state index contributed by atoms with van der Waals surface area (Å²) in [6, 6.07) is 71.0. The Kier molecular flexibility index (Phi) is 27.8. The molecule has 0 amide bonds. The summed E-state index contributed by atoms with van der Waals surface area (Å²) >= 11 is 6.45. The second kappa shape index (κ2) is 36.7. The average Bonchev–Trinajstić information content (AvgIpc) is 0.823. The van der Waals surface area contributed by atoms with Crippen LogP contribution in [0.25, 0.3) is 66.8 Å². The molecule has 11 rings (SSSR count). The number of aromatic hydroxyl groups is 5. The Morgan fingerprint density at radius 2 is 0.520 bits per heavy atom. The third kappa shape index (κ3) is 23.3. The fraction of sp³-hybridized carbons (Fsp3) is 0.0741. The largest absolute Gasteiger partial charge is 0.508 e. The van der Waals surface area contributed by atoms with Crippen molar-refractivity contribution in [2.75, 3.05) is 21.3 Å². The van der Waals surface area contributed by atoms with Crippen LogP contribution in [0.1, 0.15) is 20.8 Å². The molecule has 0 radical (unpaired) electrons. The van der Waals surface area contributed by atoms with Crippen LogP contribution in [0.15, 0.2) is 288 Å². The molecule has 11 aromatic carbocycles. The fourth-order valence-corrected chi connectivity index (χ4v) is 10.4. The molecule has 0 aliphatic rings. The maximum absolute atomic E-state index is 12.2. The molecule has 7 N–H and O–H groups in total. The van der Waals surface area contributed by atoms with Gasteiger partial charge in [0.05, 0.1) is 21.3 Å². The molecule has 100 heavy (non-hydrogen) atoms. The number of esters is 3. The summed E-state index contributed by atoms with van der Waals surface area (Å²) in [5.74, 6) is 2.97. The molecule has 0 heterocycles. The van der Waals surface area contributed by atoms with Gasteiger partial charge in [-0.3, -0.25) is 0 Å². The van der Waals surface area contributed by atoms with Gasteiger partial charge in [-0.1, -0.05) is 137 Å². The molecule has 508 valence electrons. The van der Waals surface area contributed by atoms with Crippen molar-refractivity contribution in [3.8, 4) is 130 Å². The number of hydrogen-bond acceptors (Lipinski definition) is 16. The highest BCUT2D eigenvalue weighted by Crippen LogP contribution is 2.37. The maximum atomic E-state index is 12.2. The first-order valence-electron chi connectivity index (χ1n) is 30.5. The van der Waals surface area contributed by atoms with Crippen LogP contribution in [0.2, 0.25) is 0 Å². The molecule has 0 aliphatic heterocycles. The van der Waals surface area contributed by atoms with Crippen LogP contribution < -0.4 is 33.9 Å². The topological polar surface area (TPSA) is 248 Å². The Hall–Kier alpha value is -11.6. The molecule has 0 saturated carbocycles. The number of methoxy groups -OCH3 is 3. The quantitative estimate of drug-likeness (QED) is 0.0206. The fourth-order valence-electron chi connectivity index (χ4n) is 9.08. The first-order valence-corrected chi connectivity index (χ1v) is 32.0. The SMILES string of the molecule is C=C(C)C(=O)Oc1ccc(-c2cc(OC(=O)C(=C)C)cc(-c3ccc(OC(=O)C(=C)C)cc3)c2)cc1.COc1ccc(-c2cc(O)cc(-c3ccc(OC)cc3)c2)cc1.COc1ccc(B(O)O)cc1.Oc1cc(Br)cc(Br)c1.Oc1ccc(-c2cc(O)cc(-c3ccc(O)cc3)c2)cc1. The summed E-state index contributed by atoms with van der Waals surface area (Å²) in [7, 11) is 3.45. The van der Waals surface area contributed by atoms with Gasteiger partial charge in [0.25, 0.3) is 0 Å². The van der Waals surface area contributed by atoms with E-state index in [2.05, 4.69) is 57.7 Å². The van der Waals surface area contributed by atoms with Crippen LogP contribution in [-0.4, -0.2) is 81.9 Å². The van der Waals surface area contributed by atoms with E-state index in [4.69, 9.17) is 43.6 Å². The van der Waals surface area contributed by atoms with Gasteiger partial charge in [-0.15, -0.1) is 0 Å². The molecule has 0 bridgehead atoms. The Balaban J connectivity index is 0.000000190. The van der Waals surface area contributed by atoms with E-state index in [9.17, 15) is 34.8 Å². The van der Waals surface area contributed by atoms with Gasteiger partial charge < -0.3 is 64.0 Å². The van der Waals surface area contributed by atoms with Crippen LogP contribution in [0.5, 0.6) is 63.2 Å². The van der Waals surface area contributed by atoms with Gasteiger partial charge in [0, 0.05) is 25.7 Å². The van der Waals surface area contributed by atoms with Crippen molar-refractivity contribution in [2.45, 2.75) is 20.8 Å².